The van der Waals surface area contributed by atoms with Gasteiger partial charge in [-0.2, -0.15) is 0 Å². The van der Waals surface area contributed by atoms with Crippen LogP contribution in [0.4, 0.5) is 5.82 Å². The van der Waals surface area contributed by atoms with Crippen LogP contribution in [0.15, 0.2) is 6.07 Å². The molecule has 4 rings (SSSR count). The van der Waals surface area contributed by atoms with Crippen LogP contribution in [0.2, 0.25) is 0 Å². The number of anilines is 1. The van der Waals surface area contributed by atoms with Crippen LogP contribution >= 0.6 is 0 Å². The molecule has 1 saturated carbocycles. The third-order valence-corrected chi connectivity index (χ3v) is 5.59. The molecule has 3 aliphatic rings. The molecule has 3 heterocycles. The Kier molecular flexibility index (Phi) is 4.23. The lowest BCUT2D eigenvalue weighted by Crippen LogP contribution is -2.34. The van der Waals surface area contributed by atoms with Crippen LogP contribution < -0.4 is 4.90 Å². The highest BCUT2D eigenvalue weighted by molar-refractivity contribution is 5.97. The molecule has 0 atom stereocenters. The van der Waals surface area contributed by atoms with Gasteiger partial charge in [-0.25, -0.2) is 9.78 Å². The Balaban J connectivity index is 1.75. The molecule has 1 saturated heterocycles. The second kappa shape index (κ2) is 6.50. The van der Waals surface area contributed by atoms with Crippen LogP contribution in [0.1, 0.15) is 78.9 Å². The standard InChI is InChI=1S/C19H26N2O2/c22-19-17-15(9-12-23-19)13-16(14-7-3-1-4-8-14)20-18(17)21-10-5-2-6-11-21/h13-14H,1-12H2. The number of piperidine rings is 1. The van der Waals surface area contributed by atoms with E-state index in [1.54, 1.807) is 0 Å². The van der Waals surface area contributed by atoms with E-state index in [0.29, 0.717) is 12.5 Å². The van der Waals surface area contributed by atoms with E-state index in [4.69, 9.17) is 9.72 Å². The highest BCUT2D eigenvalue weighted by Gasteiger charge is 2.29. The summed E-state index contributed by atoms with van der Waals surface area (Å²) in [6.07, 6.45) is 11.0. The lowest BCUT2D eigenvalue weighted by molar-refractivity contribution is 0.0480. The van der Waals surface area contributed by atoms with Crippen LogP contribution in [-0.2, 0) is 11.2 Å². The van der Waals surface area contributed by atoms with Crippen LogP contribution in [0.25, 0.3) is 0 Å². The molecule has 124 valence electrons. The summed E-state index contributed by atoms with van der Waals surface area (Å²) in [4.78, 5) is 19.7. The van der Waals surface area contributed by atoms with Crippen molar-refractivity contribution in [1.29, 1.82) is 0 Å². The average Bonchev–Trinajstić information content (AvgIpc) is 2.62. The summed E-state index contributed by atoms with van der Waals surface area (Å²) in [5.74, 6) is 1.32. The van der Waals surface area contributed by atoms with Gasteiger partial charge >= 0.3 is 5.97 Å². The summed E-state index contributed by atoms with van der Waals surface area (Å²) in [7, 11) is 0. The molecule has 0 N–H and O–H groups in total. The number of carbonyl (C=O) groups is 1. The normalized spacial score (nSPS) is 22.6. The maximum Gasteiger partial charge on any atom is 0.342 e. The number of ether oxygens (including phenoxy) is 1. The molecule has 0 radical (unpaired) electrons. The van der Waals surface area contributed by atoms with Crippen LogP contribution in [0.3, 0.4) is 0 Å². The van der Waals surface area contributed by atoms with E-state index in [-0.39, 0.29) is 5.97 Å². The van der Waals surface area contributed by atoms with Crippen molar-refractivity contribution >= 4 is 11.8 Å². The van der Waals surface area contributed by atoms with Gasteiger partial charge in [0, 0.05) is 31.1 Å². The Labute approximate surface area is 138 Å². The molecule has 4 heteroatoms. The highest BCUT2D eigenvalue weighted by atomic mass is 16.5. The molecular weight excluding hydrogens is 288 g/mol. The molecule has 0 aromatic carbocycles. The molecule has 0 unspecified atom stereocenters. The average molecular weight is 314 g/mol. The summed E-state index contributed by atoms with van der Waals surface area (Å²) >= 11 is 0. The van der Waals surface area contributed by atoms with Crippen molar-refractivity contribution in [3.63, 3.8) is 0 Å². The van der Waals surface area contributed by atoms with E-state index >= 15 is 0 Å². The van der Waals surface area contributed by atoms with Gasteiger partial charge in [0.05, 0.1) is 6.61 Å². The number of aromatic nitrogens is 1. The summed E-state index contributed by atoms with van der Waals surface area (Å²) in [5.41, 5.74) is 3.13. The first-order chi connectivity index (χ1) is 11.3. The maximum absolute atomic E-state index is 12.3. The van der Waals surface area contributed by atoms with Crippen LogP contribution in [0, 0.1) is 0 Å². The molecular formula is C19H26N2O2. The molecule has 23 heavy (non-hydrogen) atoms. The highest BCUT2D eigenvalue weighted by Crippen LogP contribution is 2.36. The maximum atomic E-state index is 12.3. The first-order valence-corrected chi connectivity index (χ1v) is 9.29. The van der Waals surface area contributed by atoms with Gasteiger partial charge < -0.3 is 9.64 Å². The number of nitrogens with zero attached hydrogens (tertiary/aromatic N) is 2. The minimum atomic E-state index is -0.172. The van der Waals surface area contributed by atoms with Crippen LogP contribution in [-0.4, -0.2) is 30.6 Å². The number of hydrogen-bond donors (Lipinski definition) is 0. The molecule has 0 bridgehead atoms. The fraction of sp³-hybridized carbons (Fsp3) is 0.684. The SMILES string of the molecule is O=C1OCCc2cc(C3CCCCC3)nc(N3CCCCC3)c21. The monoisotopic (exact) mass is 314 g/mol. The van der Waals surface area contributed by atoms with E-state index in [9.17, 15) is 4.79 Å². The van der Waals surface area contributed by atoms with E-state index in [0.717, 1.165) is 36.5 Å². The van der Waals surface area contributed by atoms with Gasteiger partial charge in [0.25, 0.3) is 0 Å². The molecule has 0 amide bonds. The van der Waals surface area contributed by atoms with E-state index < -0.39 is 0 Å². The first-order valence-electron chi connectivity index (χ1n) is 9.29. The zero-order chi connectivity index (χ0) is 15.6. The van der Waals surface area contributed by atoms with Crippen molar-refractivity contribution in [2.75, 3.05) is 24.6 Å². The predicted molar refractivity (Wildman–Crippen MR) is 90.1 cm³/mol. The fourth-order valence-electron chi connectivity index (χ4n) is 4.29. The van der Waals surface area contributed by atoms with Crippen molar-refractivity contribution in [2.24, 2.45) is 0 Å². The van der Waals surface area contributed by atoms with E-state index in [1.165, 1.54) is 57.1 Å². The Bertz CT molecular complexity index is 587. The number of fused-ring (bicyclic) bond motifs is 1. The van der Waals surface area contributed by atoms with Crippen molar-refractivity contribution in [1.82, 2.24) is 4.98 Å². The summed E-state index contributed by atoms with van der Waals surface area (Å²) in [6.45, 7) is 2.54. The van der Waals surface area contributed by atoms with Crippen molar-refractivity contribution in [2.45, 2.75) is 63.7 Å². The molecule has 1 aliphatic carbocycles. The van der Waals surface area contributed by atoms with Crippen molar-refractivity contribution in [3.05, 3.63) is 22.9 Å². The Morgan fingerprint density at radius 1 is 1.04 bits per heavy atom. The predicted octanol–water partition coefficient (Wildman–Crippen LogP) is 3.83. The number of pyridine rings is 1. The second-order valence-electron chi connectivity index (χ2n) is 7.17. The Morgan fingerprint density at radius 2 is 1.78 bits per heavy atom. The van der Waals surface area contributed by atoms with Gasteiger partial charge in [-0.3, -0.25) is 0 Å². The number of esters is 1. The van der Waals surface area contributed by atoms with Crippen molar-refractivity contribution in [3.8, 4) is 0 Å². The second-order valence-corrected chi connectivity index (χ2v) is 7.17. The van der Waals surface area contributed by atoms with Gasteiger partial charge in [-0.15, -0.1) is 0 Å². The van der Waals surface area contributed by atoms with Gasteiger partial charge in [0.2, 0.25) is 0 Å². The minimum Gasteiger partial charge on any atom is -0.462 e. The zero-order valence-corrected chi connectivity index (χ0v) is 13.9. The molecule has 1 aromatic rings. The third-order valence-electron chi connectivity index (χ3n) is 5.59. The Morgan fingerprint density at radius 3 is 2.57 bits per heavy atom. The van der Waals surface area contributed by atoms with Gasteiger partial charge in [-0.05, 0) is 43.7 Å². The first kappa shape index (κ1) is 15.0. The van der Waals surface area contributed by atoms with E-state index in [1.807, 2.05) is 0 Å². The molecule has 1 aromatic heterocycles. The molecule has 4 nitrogen and oxygen atoms in total. The number of hydrogen-bond acceptors (Lipinski definition) is 4. The minimum absolute atomic E-state index is 0.172. The molecule has 0 spiro atoms. The van der Waals surface area contributed by atoms with Gasteiger partial charge in [0.1, 0.15) is 11.4 Å². The lowest BCUT2D eigenvalue weighted by Gasteiger charge is -2.32. The number of rotatable bonds is 2. The van der Waals surface area contributed by atoms with Crippen molar-refractivity contribution < 1.29 is 9.53 Å². The van der Waals surface area contributed by atoms with Gasteiger partial charge in [0.15, 0.2) is 0 Å². The molecule has 2 aliphatic heterocycles. The van der Waals surface area contributed by atoms with Gasteiger partial charge in [-0.1, -0.05) is 19.3 Å². The summed E-state index contributed by atoms with van der Waals surface area (Å²) in [6, 6.07) is 2.21. The zero-order valence-electron chi connectivity index (χ0n) is 13.9. The summed E-state index contributed by atoms with van der Waals surface area (Å²) < 4.78 is 5.32. The van der Waals surface area contributed by atoms with Crippen LogP contribution in [0.5, 0.6) is 0 Å². The topological polar surface area (TPSA) is 42.4 Å². The smallest absolute Gasteiger partial charge is 0.342 e. The fourth-order valence-corrected chi connectivity index (χ4v) is 4.29. The summed E-state index contributed by atoms with van der Waals surface area (Å²) in [5, 5.41) is 0. The van der Waals surface area contributed by atoms with E-state index in [2.05, 4.69) is 11.0 Å². The third kappa shape index (κ3) is 2.96. The largest absolute Gasteiger partial charge is 0.462 e. The number of carbonyl (C=O) groups excluding carboxylic acids is 1. The quantitative estimate of drug-likeness (QED) is 0.778. The molecule has 2 fully saturated rings. The number of cyclic esters (lactones) is 1. The lowest BCUT2D eigenvalue weighted by atomic mass is 9.85. The Hall–Kier alpha value is -1.58.